The molecule has 26 heavy (non-hydrogen) atoms. The zero-order valence-electron chi connectivity index (χ0n) is 14.6. The lowest BCUT2D eigenvalue weighted by atomic mass is 9.99. The molecule has 0 spiro atoms. The Bertz CT molecular complexity index is 745. The number of anilines is 1. The molecule has 0 bridgehead atoms. The van der Waals surface area contributed by atoms with Crippen LogP contribution in [0.1, 0.15) is 41.7 Å². The van der Waals surface area contributed by atoms with Gasteiger partial charge in [0.05, 0.1) is 6.42 Å². The van der Waals surface area contributed by atoms with Gasteiger partial charge in [-0.25, -0.2) is 4.98 Å². The molecule has 2 amide bonds. The summed E-state index contributed by atoms with van der Waals surface area (Å²) < 4.78 is 0. The molecule has 2 aromatic rings. The van der Waals surface area contributed by atoms with Crippen molar-refractivity contribution in [3.05, 3.63) is 47.0 Å². The first-order valence-corrected chi connectivity index (χ1v) is 9.76. The van der Waals surface area contributed by atoms with E-state index in [1.54, 1.807) is 5.38 Å². The largest absolute Gasteiger partial charge is 0.396 e. The third-order valence-corrected chi connectivity index (χ3v) is 5.29. The number of nitrogens with one attached hydrogen (secondary N) is 1. The summed E-state index contributed by atoms with van der Waals surface area (Å²) in [5, 5.41) is 14.1. The van der Waals surface area contributed by atoms with Crippen LogP contribution in [-0.4, -0.2) is 46.0 Å². The molecule has 1 atom stereocenters. The van der Waals surface area contributed by atoms with Crippen LogP contribution in [0.5, 0.6) is 0 Å². The minimum atomic E-state index is -0.152. The third-order valence-electron chi connectivity index (χ3n) is 4.53. The van der Waals surface area contributed by atoms with Crippen molar-refractivity contribution in [2.75, 3.05) is 18.5 Å². The first kappa shape index (κ1) is 18.5. The molecule has 1 aromatic heterocycles. The minimum absolute atomic E-state index is 0.0686. The number of benzene rings is 1. The summed E-state index contributed by atoms with van der Waals surface area (Å²) in [6.07, 6.45) is 3.83. The Morgan fingerprint density at radius 1 is 1.27 bits per heavy atom. The molecule has 3 rings (SSSR count). The highest BCUT2D eigenvalue weighted by Gasteiger charge is 2.28. The van der Waals surface area contributed by atoms with Crippen molar-refractivity contribution in [1.29, 1.82) is 0 Å². The van der Waals surface area contributed by atoms with Crippen LogP contribution in [0.3, 0.4) is 0 Å². The summed E-state index contributed by atoms with van der Waals surface area (Å²) in [6, 6.07) is 9.56. The monoisotopic (exact) mass is 373 g/mol. The van der Waals surface area contributed by atoms with Gasteiger partial charge >= 0.3 is 0 Å². The SMILES string of the molecule is O=C(Cc1ccccc1)Nc1nc(C(=O)N2CCCCC2CCO)cs1. The molecule has 2 heterocycles. The van der Waals surface area contributed by atoms with Crippen LogP contribution >= 0.6 is 11.3 Å². The Balaban J connectivity index is 1.61. The number of thiazole rings is 1. The smallest absolute Gasteiger partial charge is 0.273 e. The number of carbonyl (C=O) groups is 2. The van der Waals surface area contributed by atoms with E-state index in [-0.39, 0.29) is 30.9 Å². The number of aliphatic hydroxyl groups excluding tert-OH is 1. The van der Waals surface area contributed by atoms with Crippen LogP contribution in [0, 0.1) is 0 Å². The normalized spacial score (nSPS) is 17.1. The van der Waals surface area contributed by atoms with E-state index in [0.29, 0.717) is 23.8 Å². The Morgan fingerprint density at radius 3 is 2.85 bits per heavy atom. The fraction of sp³-hybridized carbons (Fsp3) is 0.421. The fourth-order valence-electron chi connectivity index (χ4n) is 3.24. The Hall–Kier alpha value is -2.25. The van der Waals surface area contributed by atoms with Gasteiger partial charge < -0.3 is 15.3 Å². The second kappa shape index (κ2) is 8.91. The molecule has 1 fully saturated rings. The van der Waals surface area contributed by atoms with Gasteiger partial charge in [0.1, 0.15) is 5.69 Å². The Kier molecular flexibility index (Phi) is 6.35. The van der Waals surface area contributed by atoms with E-state index in [1.807, 2.05) is 35.2 Å². The van der Waals surface area contributed by atoms with E-state index in [4.69, 9.17) is 0 Å². The average Bonchev–Trinajstić information content (AvgIpc) is 3.11. The molecule has 6 nitrogen and oxygen atoms in total. The second-order valence-electron chi connectivity index (χ2n) is 6.41. The lowest BCUT2D eigenvalue weighted by molar-refractivity contribution is -0.115. The Labute approximate surface area is 156 Å². The number of aromatic nitrogens is 1. The second-order valence-corrected chi connectivity index (χ2v) is 7.27. The van der Waals surface area contributed by atoms with Gasteiger partial charge in [0, 0.05) is 24.6 Å². The van der Waals surface area contributed by atoms with E-state index in [9.17, 15) is 14.7 Å². The predicted octanol–water partition coefficient (Wildman–Crippen LogP) is 2.70. The summed E-state index contributed by atoms with van der Waals surface area (Å²) in [5.41, 5.74) is 1.29. The van der Waals surface area contributed by atoms with Gasteiger partial charge in [-0.05, 0) is 31.2 Å². The molecule has 1 aliphatic heterocycles. The van der Waals surface area contributed by atoms with Gasteiger partial charge in [-0.15, -0.1) is 11.3 Å². The standard InChI is InChI=1S/C19H23N3O3S/c23-11-9-15-8-4-5-10-22(15)18(25)16-13-26-19(20-16)21-17(24)12-14-6-2-1-3-7-14/h1-3,6-7,13,15,23H,4-5,8-12H2,(H,20,21,24). The topological polar surface area (TPSA) is 82.5 Å². The molecule has 1 aliphatic rings. The number of nitrogens with zero attached hydrogens (tertiary/aromatic N) is 2. The Morgan fingerprint density at radius 2 is 2.08 bits per heavy atom. The maximum Gasteiger partial charge on any atom is 0.273 e. The summed E-state index contributed by atoms with van der Waals surface area (Å²) in [7, 11) is 0. The van der Waals surface area contributed by atoms with Crippen molar-refractivity contribution in [2.24, 2.45) is 0 Å². The minimum Gasteiger partial charge on any atom is -0.396 e. The molecule has 0 saturated carbocycles. The molecule has 0 aliphatic carbocycles. The fourth-order valence-corrected chi connectivity index (χ4v) is 3.94. The number of likely N-dealkylation sites (tertiary alicyclic amines) is 1. The lowest BCUT2D eigenvalue weighted by Gasteiger charge is -2.35. The molecule has 1 unspecified atom stereocenters. The van der Waals surface area contributed by atoms with Crippen LogP contribution in [0.2, 0.25) is 0 Å². The van der Waals surface area contributed by atoms with E-state index in [1.165, 1.54) is 11.3 Å². The van der Waals surface area contributed by atoms with E-state index in [0.717, 1.165) is 24.8 Å². The van der Waals surface area contributed by atoms with E-state index >= 15 is 0 Å². The van der Waals surface area contributed by atoms with Crippen molar-refractivity contribution in [3.8, 4) is 0 Å². The summed E-state index contributed by atoms with van der Waals surface area (Å²) >= 11 is 1.26. The van der Waals surface area contributed by atoms with Crippen molar-refractivity contribution in [2.45, 2.75) is 38.1 Å². The predicted molar refractivity (Wildman–Crippen MR) is 101 cm³/mol. The quantitative estimate of drug-likeness (QED) is 0.816. The van der Waals surface area contributed by atoms with Crippen molar-refractivity contribution in [1.82, 2.24) is 9.88 Å². The molecule has 0 radical (unpaired) electrons. The number of rotatable bonds is 6. The number of hydrogen-bond donors (Lipinski definition) is 2. The van der Waals surface area contributed by atoms with Gasteiger partial charge in [0.25, 0.3) is 5.91 Å². The maximum atomic E-state index is 12.8. The number of piperidine rings is 1. The molecule has 1 saturated heterocycles. The summed E-state index contributed by atoms with van der Waals surface area (Å²) in [5.74, 6) is -0.274. The van der Waals surface area contributed by atoms with Gasteiger partial charge in [0.15, 0.2) is 5.13 Å². The van der Waals surface area contributed by atoms with E-state index in [2.05, 4.69) is 10.3 Å². The van der Waals surface area contributed by atoms with Crippen LogP contribution in [0.25, 0.3) is 0 Å². The van der Waals surface area contributed by atoms with Gasteiger partial charge in [0.2, 0.25) is 5.91 Å². The van der Waals surface area contributed by atoms with Gasteiger partial charge in [-0.1, -0.05) is 30.3 Å². The first-order valence-electron chi connectivity index (χ1n) is 8.88. The van der Waals surface area contributed by atoms with Gasteiger partial charge in [-0.2, -0.15) is 0 Å². The highest BCUT2D eigenvalue weighted by molar-refractivity contribution is 7.14. The average molecular weight is 373 g/mol. The van der Waals surface area contributed by atoms with Crippen LogP contribution in [0.15, 0.2) is 35.7 Å². The molecule has 1 aromatic carbocycles. The first-order chi connectivity index (χ1) is 12.7. The lowest BCUT2D eigenvalue weighted by Crippen LogP contribution is -2.44. The van der Waals surface area contributed by atoms with Crippen molar-refractivity contribution in [3.63, 3.8) is 0 Å². The summed E-state index contributed by atoms with van der Waals surface area (Å²) in [6.45, 7) is 0.767. The zero-order valence-corrected chi connectivity index (χ0v) is 15.4. The van der Waals surface area contributed by atoms with Crippen molar-refractivity contribution >= 4 is 28.3 Å². The number of aliphatic hydroxyl groups is 1. The van der Waals surface area contributed by atoms with Crippen LogP contribution in [-0.2, 0) is 11.2 Å². The molecule has 7 heteroatoms. The summed E-state index contributed by atoms with van der Waals surface area (Å²) in [4.78, 5) is 31.0. The number of hydrogen-bond acceptors (Lipinski definition) is 5. The number of carbonyl (C=O) groups excluding carboxylic acids is 2. The number of amides is 2. The molecule has 138 valence electrons. The highest BCUT2D eigenvalue weighted by atomic mass is 32.1. The zero-order chi connectivity index (χ0) is 18.4. The highest BCUT2D eigenvalue weighted by Crippen LogP contribution is 2.24. The third kappa shape index (κ3) is 4.68. The molecule has 2 N–H and O–H groups in total. The van der Waals surface area contributed by atoms with Crippen LogP contribution < -0.4 is 5.32 Å². The maximum absolute atomic E-state index is 12.8. The van der Waals surface area contributed by atoms with Crippen molar-refractivity contribution < 1.29 is 14.7 Å². The molecular formula is C19H23N3O3S. The molecular weight excluding hydrogens is 350 g/mol. The van der Waals surface area contributed by atoms with E-state index < -0.39 is 0 Å². The van der Waals surface area contributed by atoms with Gasteiger partial charge in [-0.3, -0.25) is 9.59 Å². The van der Waals surface area contributed by atoms with Crippen LogP contribution in [0.4, 0.5) is 5.13 Å².